The largest absolute Gasteiger partial charge is 0.494 e. The van der Waals surface area contributed by atoms with Crippen molar-refractivity contribution in [1.82, 2.24) is 0 Å². The first-order valence-corrected chi connectivity index (χ1v) is 8.64. The van der Waals surface area contributed by atoms with Gasteiger partial charge >= 0.3 is 0 Å². The fraction of sp³-hybridized carbons (Fsp3) is 0.455. The molecule has 0 heterocycles. The number of hydrogen-bond acceptors (Lipinski definition) is 5. The number of nitro benzene ring substituents is 1. The number of nitro groups is 1. The number of rotatable bonds is 8. The van der Waals surface area contributed by atoms with Crippen LogP contribution in [0.1, 0.15) is 19.3 Å². The first-order chi connectivity index (χ1) is 9.29. The molecule has 0 unspecified atom stereocenters. The third-order valence-electron chi connectivity index (χ3n) is 2.42. The van der Waals surface area contributed by atoms with Gasteiger partial charge in [-0.2, -0.15) is 0 Å². The summed E-state index contributed by atoms with van der Waals surface area (Å²) >= 11 is 5.73. The first kappa shape index (κ1) is 17.0. The number of nitrogens with zero attached hydrogens (tertiary/aromatic N) is 1. The van der Waals surface area contributed by atoms with Gasteiger partial charge in [0.1, 0.15) is 10.8 Å². The molecule has 1 aromatic carbocycles. The molecule has 1 aromatic rings. The second-order valence-corrected chi connectivity index (χ2v) is 7.33. The number of hydrogen-bond donors (Lipinski definition) is 0. The van der Waals surface area contributed by atoms with Crippen LogP contribution < -0.4 is 4.74 Å². The van der Waals surface area contributed by atoms with E-state index in [0.717, 1.165) is 0 Å². The summed E-state index contributed by atoms with van der Waals surface area (Å²) in [5.41, 5.74) is -0.175. The van der Waals surface area contributed by atoms with Crippen molar-refractivity contribution in [3.8, 4) is 5.75 Å². The second-order valence-electron chi connectivity index (χ2n) is 4.02. The summed E-state index contributed by atoms with van der Waals surface area (Å²) in [5, 5.41) is 10.6. The number of ether oxygens (including phenoxy) is 1. The van der Waals surface area contributed by atoms with Gasteiger partial charge in [-0.3, -0.25) is 10.1 Å². The van der Waals surface area contributed by atoms with Gasteiger partial charge in [-0.05, 0) is 25.3 Å². The molecule has 0 aromatic heterocycles. The maximum atomic E-state index is 10.7. The lowest BCUT2D eigenvalue weighted by Crippen LogP contribution is -2.01. The molecule has 0 fully saturated rings. The lowest BCUT2D eigenvalue weighted by Gasteiger charge is -2.06. The van der Waals surface area contributed by atoms with Gasteiger partial charge in [0.25, 0.3) is 5.69 Å². The van der Waals surface area contributed by atoms with Gasteiger partial charge in [0, 0.05) is 22.8 Å². The zero-order chi connectivity index (χ0) is 15.2. The van der Waals surface area contributed by atoms with E-state index in [2.05, 4.69) is 0 Å². The van der Waals surface area contributed by atoms with Gasteiger partial charge in [-0.25, -0.2) is 8.42 Å². The molecule has 0 spiro atoms. The van der Waals surface area contributed by atoms with Gasteiger partial charge in [0.2, 0.25) is 9.05 Å². The van der Waals surface area contributed by atoms with E-state index < -0.39 is 14.0 Å². The van der Waals surface area contributed by atoms with Crippen molar-refractivity contribution in [2.24, 2.45) is 0 Å². The summed E-state index contributed by atoms with van der Waals surface area (Å²) in [5.74, 6) is 0.378. The van der Waals surface area contributed by atoms with Crippen LogP contribution in [0.15, 0.2) is 18.2 Å². The molecule has 0 aliphatic rings. The molecular weight excluding hydrogens is 329 g/mol. The van der Waals surface area contributed by atoms with Crippen molar-refractivity contribution in [3.63, 3.8) is 0 Å². The molecular formula is C11H13Cl2NO5S. The highest BCUT2D eigenvalue weighted by Crippen LogP contribution is 2.28. The standard InChI is InChI=1S/C11H13Cl2NO5S/c12-10-8-9(4-5-11(10)14(15)16)19-6-2-1-3-7-20(13,17)18/h4-5,8H,1-3,6-7H2. The quantitative estimate of drug-likeness (QED) is 0.313. The lowest BCUT2D eigenvalue weighted by atomic mass is 10.2. The first-order valence-electron chi connectivity index (χ1n) is 5.78. The van der Waals surface area contributed by atoms with E-state index >= 15 is 0 Å². The molecule has 0 amide bonds. The minimum atomic E-state index is -3.43. The Morgan fingerprint density at radius 1 is 1.25 bits per heavy atom. The molecule has 0 saturated heterocycles. The molecule has 0 radical (unpaired) electrons. The summed E-state index contributed by atoms with van der Waals surface area (Å²) in [6, 6.07) is 4.12. The van der Waals surface area contributed by atoms with Gasteiger partial charge in [-0.1, -0.05) is 11.6 Å². The highest BCUT2D eigenvalue weighted by atomic mass is 35.7. The average molecular weight is 342 g/mol. The topological polar surface area (TPSA) is 86.5 Å². The highest BCUT2D eigenvalue weighted by molar-refractivity contribution is 8.13. The summed E-state index contributed by atoms with van der Waals surface area (Å²) in [6.45, 7) is 0.372. The van der Waals surface area contributed by atoms with E-state index in [0.29, 0.717) is 31.6 Å². The third-order valence-corrected chi connectivity index (χ3v) is 3.96. The fourth-order valence-corrected chi connectivity index (χ4v) is 2.58. The Morgan fingerprint density at radius 3 is 2.50 bits per heavy atom. The molecule has 112 valence electrons. The Bertz CT molecular complexity index is 576. The van der Waals surface area contributed by atoms with Crippen LogP contribution in [0.3, 0.4) is 0 Å². The second kappa shape index (κ2) is 7.66. The maximum absolute atomic E-state index is 10.7. The van der Waals surface area contributed by atoms with Gasteiger partial charge < -0.3 is 4.74 Å². The minimum Gasteiger partial charge on any atom is -0.494 e. The van der Waals surface area contributed by atoms with Crippen LogP contribution in [-0.2, 0) is 9.05 Å². The fourth-order valence-electron chi connectivity index (χ4n) is 1.47. The molecule has 0 aliphatic heterocycles. The van der Waals surface area contributed by atoms with Crippen LogP contribution in [0, 0.1) is 10.1 Å². The molecule has 0 aliphatic carbocycles. The van der Waals surface area contributed by atoms with Crippen molar-refractivity contribution in [1.29, 1.82) is 0 Å². The lowest BCUT2D eigenvalue weighted by molar-refractivity contribution is -0.384. The summed E-state index contributed by atoms with van der Waals surface area (Å²) in [4.78, 5) is 10.00. The SMILES string of the molecule is O=[N+]([O-])c1ccc(OCCCCCS(=O)(=O)Cl)cc1Cl. The smallest absolute Gasteiger partial charge is 0.288 e. The maximum Gasteiger partial charge on any atom is 0.288 e. The molecule has 0 N–H and O–H groups in total. The molecule has 0 atom stereocenters. The van der Waals surface area contributed by atoms with Crippen molar-refractivity contribution < 1.29 is 18.1 Å². The number of halogens is 2. The molecule has 6 nitrogen and oxygen atoms in total. The normalized spacial score (nSPS) is 11.3. The van der Waals surface area contributed by atoms with E-state index in [1.54, 1.807) is 0 Å². The van der Waals surface area contributed by atoms with Crippen LogP contribution in [-0.4, -0.2) is 25.7 Å². The van der Waals surface area contributed by atoms with Crippen molar-refractivity contribution in [2.45, 2.75) is 19.3 Å². The van der Waals surface area contributed by atoms with E-state index in [4.69, 9.17) is 27.0 Å². The van der Waals surface area contributed by atoms with Crippen LogP contribution in [0.25, 0.3) is 0 Å². The van der Waals surface area contributed by atoms with Crippen LogP contribution in [0.5, 0.6) is 5.75 Å². The van der Waals surface area contributed by atoms with E-state index in [9.17, 15) is 18.5 Å². The minimum absolute atomic E-state index is 0.0146. The third kappa shape index (κ3) is 6.40. The predicted molar refractivity (Wildman–Crippen MR) is 77.1 cm³/mol. The van der Waals surface area contributed by atoms with E-state index in [1.807, 2.05) is 0 Å². The van der Waals surface area contributed by atoms with Crippen LogP contribution in [0.4, 0.5) is 5.69 Å². The molecule has 9 heteroatoms. The summed E-state index contributed by atoms with van der Waals surface area (Å²) in [6.07, 6.45) is 1.78. The Balaban J connectivity index is 2.33. The van der Waals surface area contributed by atoms with Gasteiger partial charge in [0.05, 0.1) is 17.3 Å². The Kier molecular flexibility index (Phi) is 6.51. The molecule has 0 bridgehead atoms. The van der Waals surface area contributed by atoms with E-state index in [-0.39, 0.29) is 16.5 Å². The monoisotopic (exact) mass is 341 g/mol. The Morgan fingerprint density at radius 2 is 1.95 bits per heavy atom. The van der Waals surface area contributed by atoms with Crippen LogP contribution >= 0.6 is 22.3 Å². The number of benzene rings is 1. The highest BCUT2D eigenvalue weighted by Gasteiger charge is 2.12. The van der Waals surface area contributed by atoms with Crippen molar-refractivity contribution in [2.75, 3.05) is 12.4 Å². The molecule has 0 saturated carbocycles. The average Bonchev–Trinajstić information content (AvgIpc) is 2.32. The Labute approximate surface area is 126 Å². The van der Waals surface area contributed by atoms with Gasteiger partial charge in [-0.15, -0.1) is 0 Å². The molecule has 1 rings (SSSR count). The van der Waals surface area contributed by atoms with Gasteiger partial charge in [0.15, 0.2) is 0 Å². The summed E-state index contributed by atoms with van der Waals surface area (Å²) in [7, 11) is 1.64. The zero-order valence-corrected chi connectivity index (χ0v) is 12.7. The number of unbranched alkanes of at least 4 members (excludes halogenated alkanes) is 2. The zero-order valence-electron chi connectivity index (χ0n) is 10.4. The molecule has 20 heavy (non-hydrogen) atoms. The van der Waals surface area contributed by atoms with E-state index in [1.165, 1.54) is 18.2 Å². The predicted octanol–water partition coefficient (Wildman–Crippen LogP) is 3.37. The van der Waals surface area contributed by atoms with Crippen molar-refractivity contribution >= 4 is 37.0 Å². The Hall–Kier alpha value is -1.05. The van der Waals surface area contributed by atoms with Crippen molar-refractivity contribution in [3.05, 3.63) is 33.3 Å². The van der Waals surface area contributed by atoms with Crippen LogP contribution in [0.2, 0.25) is 5.02 Å². The summed E-state index contributed by atoms with van der Waals surface area (Å²) < 4.78 is 26.7.